The molecule has 0 spiro atoms. The second-order valence-corrected chi connectivity index (χ2v) is 6.44. The van der Waals surface area contributed by atoms with E-state index in [1.807, 2.05) is 12.1 Å². The number of nitrogens with zero attached hydrogens (tertiary/aromatic N) is 1. The summed E-state index contributed by atoms with van der Waals surface area (Å²) < 4.78 is 12.7. The third-order valence-electron chi connectivity index (χ3n) is 4.89. The average Bonchev–Trinajstić information content (AvgIpc) is 3.23. The molecule has 1 unspecified atom stereocenters. The molecule has 2 heterocycles. The minimum Gasteiger partial charge on any atom is -0.497 e. The third-order valence-corrected chi connectivity index (χ3v) is 4.89. The van der Waals surface area contributed by atoms with Crippen LogP contribution in [0.15, 0.2) is 36.5 Å². The van der Waals surface area contributed by atoms with Crippen LogP contribution in [0.3, 0.4) is 0 Å². The summed E-state index contributed by atoms with van der Waals surface area (Å²) in [6.45, 7) is 1.47. The van der Waals surface area contributed by atoms with Crippen molar-refractivity contribution >= 4 is 11.6 Å². The van der Waals surface area contributed by atoms with Gasteiger partial charge in [0.15, 0.2) is 6.54 Å². The monoisotopic (exact) mass is 344 g/mol. The van der Waals surface area contributed by atoms with E-state index in [9.17, 15) is 4.79 Å². The summed E-state index contributed by atoms with van der Waals surface area (Å²) in [5.74, 6) is 1.30. The van der Waals surface area contributed by atoms with Gasteiger partial charge >= 0.3 is 0 Å². The lowest BCUT2D eigenvalue weighted by molar-refractivity contribution is -0.910. The van der Waals surface area contributed by atoms with Gasteiger partial charge in [0.2, 0.25) is 0 Å². The maximum absolute atomic E-state index is 12.6. The van der Waals surface area contributed by atoms with Gasteiger partial charge in [0, 0.05) is 32.2 Å². The Balaban J connectivity index is 1.67. The molecule has 1 aliphatic heterocycles. The van der Waals surface area contributed by atoms with Gasteiger partial charge in [0.05, 0.1) is 32.1 Å². The molecule has 1 aromatic heterocycles. The van der Waals surface area contributed by atoms with Gasteiger partial charge in [-0.1, -0.05) is 0 Å². The van der Waals surface area contributed by atoms with Crippen LogP contribution in [0.4, 0.5) is 5.69 Å². The van der Waals surface area contributed by atoms with Gasteiger partial charge in [-0.05, 0) is 24.3 Å². The van der Waals surface area contributed by atoms with Crippen LogP contribution in [0.25, 0.3) is 0 Å². The van der Waals surface area contributed by atoms with E-state index in [1.54, 1.807) is 20.3 Å². The van der Waals surface area contributed by atoms with E-state index in [-0.39, 0.29) is 5.91 Å². The van der Waals surface area contributed by atoms with E-state index in [4.69, 9.17) is 9.47 Å². The summed E-state index contributed by atoms with van der Waals surface area (Å²) in [6.07, 6.45) is 4.32. The summed E-state index contributed by atoms with van der Waals surface area (Å²) >= 11 is 0. The number of carbonyl (C=O) groups is 1. The van der Waals surface area contributed by atoms with Crippen molar-refractivity contribution in [3.8, 4) is 11.5 Å². The molecule has 0 saturated carbocycles. The number of hydrogen-bond acceptors (Lipinski definition) is 3. The number of methoxy groups -OCH3 is 2. The molecule has 0 bridgehead atoms. The number of carbonyl (C=O) groups excluding carboxylic acids is 1. The molecule has 1 amide bonds. The molecule has 1 fully saturated rings. The van der Waals surface area contributed by atoms with E-state index in [2.05, 4.69) is 35.3 Å². The van der Waals surface area contributed by atoms with Gasteiger partial charge in [-0.15, -0.1) is 0 Å². The van der Waals surface area contributed by atoms with Gasteiger partial charge in [0.25, 0.3) is 5.91 Å². The SMILES string of the molecule is COc1ccc(NC(=O)C[NH+]2CCC[C@@H]2c2cccn2C)c(OC)c1. The van der Waals surface area contributed by atoms with Gasteiger partial charge in [-0.25, -0.2) is 0 Å². The zero-order chi connectivity index (χ0) is 17.8. The predicted octanol–water partition coefficient (Wildman–Crippen LogP) is 1.40. The molecule has 1 aliphatic rings. The molecule has 1 aromatic carbocycles. The number of hydrogen-bond donors (Lipinski definition) is 2. The maximum atomic E-state index is 12.6. The minimum absolute atomic E-state index is 0.000393. The first-order valence-electron chi connectivity index (χ1n) is 8.60. The highest BCUT2D eigenvalue weighted by Crippen LogP contribution is 2.28. The van der Waals surface area contributed by atoms with Crippen LogP contribution < -0.4 is 19.7 Å². The van der Waals surface area contributed by atoms with Crippen LogP contribution in [-0.2, 0) is 11.8 Å². The normalized spacial score (nSPS) is 19.6. The molecule has 25 heavy (non-hydrogen) atoms. The van der Waals surface area contributed by atoms with E-state index in [0.717, 1.165) is 19.4 Å². The first kappa shape index (κ1) is 17.4. The number of likely N-dealkylation sites (tertiary alicyclic amines) is 1. The molecule has 0 radical (unpaired) electrons. The van der Waals surface area contributed by atoms with Crippen LogP contribution in [0.1, 0.15) is 24.6 Å². The van der Waals surface area contributed by atoms with Crippen molar-refractivity contribution in [2.45, 2.75) is 18.9 Å². The van der Waals surface area contributed by atoms with Crippen LogP contribution in [0.5, 0.6) is 11.5 Å². The molecule has 6 nitrogen and oxygen atoms in total. The Morgan fingerprint density at radius 2 is 2.16 bits per heavy atom. The summed E-state index contributed by atoms with van der Waals surface area (Å²) in [5.41, 5.74) is 1.96. The summed E-state index contributed by atoms with van der Waals surface area (Å²) in [5, 5.41) is 2.97. The molecule has 2 aromatic rings. The predicted molar refractivity (Wildman–Crippen MR) is 96.3 cm³/mol. The number of rotatable bonds is 6. The maximum Gasteiger partial charge on any atom is 0.279 e. The first-order chi connectivity index (χ1) is 12.1. The van der Waals surface area contributed by atoms with E-state index < -0.39 is 0 Å². The van der Waals surface area contributed by atoms with E-state index in [0.29, 0.717) is 29.8 Å². The lowest BCUT2D eigenvalue weighted by Gasteiger charge is -2.22. The van der Waals surface area contributed by atoms with Gasteiger partial charge in [0.1, 0.15) is 17.5 Å². The zero-order valence-electron chi connectivity index (χ0n) is 15.0. The fourth-order valence-corrected chi connectivity index (χ4v) is 3.62. The Hall–Kier alpha value is -2.47. The van der Waals surface area contributed by atoms with Crippen LogP contribution >= 0.6 is 0 Å². The fourth-order valence-electron chi connectivity index (χ4n) is 3.62. The molecule has 2 atom stereocenters. The van der Waals surface area contributed by atoms with Crippen molar-refractivity contribution in [3.63, 3.8) is 0 Å². The van der Waals surface area contributed by atoms with Crippen LogP contribution in [-0.4, -0.2) is 37.8 Å². The smallest absolute Gasteiger partial charge is 0.279 e. The highest BCUT2D eigenvalue weighted by atomic mass is 16.5. The molecular formula is C19H26N3O3+. The molecule has 134 valence electrons. The summed E-state index contributed by atoms with van der Waals surface area (Å²) in [4.78, 5) is 13.9. The Bertz CT molecular complexity index is 741. The van der Waals surface area contributed by atoms with Gasteiger partial charge in [-0.2, -0.15) is 0 Å². The van der Waals surface area contributed by atoms with Crippen molar-refractivity contribution in [2.24, 2.45) is 7.05 Å². The topological polar surface area (TPSA) is 56.9 Å². The fraction of sp³-hybridized carbons (Fsp3) is 0.421. The highest BCUT2D eigenvalue weighted by molar-refractivity contribution is 5.93. The third kappa shape index (κ3) is 3.79. The van der Waals surface area contributed by atoms with Crippen molar-refractivity contribution in [1.29, 1.82) is 0 Å². The van der Waals surface area contributed by atoms with Crippen molar-refractivity contribution in [3.05, 3.63) is 42.2 Å². The lowest BCUT2D eigenvalue weighted by atomic mass is 10.1. The Morgan fingerprint density at radius 3 is 2.84 bits per heavy atom. The molecule has 2 N–H and O–H groups in total. The quantitative estimate of drug-likeness (QED) is 0.833. The standard InChI is InChI=1S/C19H25N3O3/c1-21-10-4-6-16(21)17-7-5-11-22(17)13-19(23)20-15-9-8-14(24-2)12-18(15)25-3/h4,6,8-10,12,17H,5,7,11,13H2,1-3H3,(H,20,23)/p+1/t17-/m1/s1. The van der Waals surface area contributed by atoms with E-state index in [1.165, 1.54) is 10.6 Å². The average molecular weight is 344 g/mol. The number of benzene rings is 1. The number of amides is 1. The van der Waals surface area contributed by atoms with Gasteiger partial charge in [-0.3, -0.25) is 4.79 Å². The van der Waals surface area contributed by atoms with E-state index >= 15 is 0 Å². The lowest BCUT2D eigenvalue weighted by Crippen LogP contribution is -3.11. The number of aryl methyl sites for hydroxylation is 1. The van der Waals surface area contributed by atoms with Crippen LogP contribution in [0, 0.1) is 0 Å². The number of nitrogens with one attached hydrogen (secondary N) is 2. The zero-order valence-corrected chi connectivity index (χ0v) is 15.0. The molecule has 1 saturated heterocycles. The van der Waals surface area contributed by atoms with Crippen molar-refractivity contribution < 1.29 is 19.2 Å². The summed E-state index contributed by atoms with van der Waals surface area (Å²) in [6, 6.07) is 9.99. The first-order valence-corrected chi connectivity index (χ1v) is 8.60. The Morgan fingerprint density at radius 1 is 1.32 bits per heavy atom. The van der Waals surface area contributed by atoms with Crippen molar-refractivity contribution in [2.75, 3.05) is 32.6 Å². The Labute approximate surface area is 148 Å². The van der Waals surface area contributed by atoms with Gasteiger partial charge < -0.3 is 24.3 Å². The second kappa shape index (κ2) is 7.61. The van der Waals surface area contributed by atoms with Crippen LogP contribution in [0.2, 0.25) is 0 Å². The number of anilines is 1. The number of ether oxygens (including phenoxy) is 2. The number of aromatic nitrogens is 1. The highest BCUT2D eigenvalue weighted by Gasteiger charge is 2.33. The summed E-state index contributed by atoms with van der Waals surface area (Å²) in [7, 11) is 5.25. The minimum atomic E-state index is -0.000393. The molecule has 6 heteroatoms. The van der Waals surface area contributed by atoms with Crippen molar-refractivity contribution in [1.82, 2.24) is 4.57 Å². The molecule has 3 rings (SSSR count). The Kier molecular flexibility index (Phi) is 5.28. The largest absolute Gasteiger partial charge is 0.497 e. The second-order valence-electron chi connectivity index (χ2n) is 6.44. The molecular weight excluding hydrogens is 318 g/mol. The number of quaternary nitrogens is 1. The molecule has 0 aliphatic carbocycles.